The molecule has 0 fully saturated rings. The van der Waals surface area contributed by atoms with Gasteiger partial charge in [-0.15, -0.1) is 0 Å². The highest BCUT2D eigenvalue weighted by Gasteiger charge is 2.15. The van der Waals surface area contributed by atoms with E-state index in [0.29, 0.717) is 11.1 Å². The van der Waals surface area contributed by atoms with Gasteiger partial charge in [0.15, 0.2) is 0 Å². The van der Waals surface area contributed by atoms with Crippen LogP contribution in [0.1, 0.15) is 5.56 Å². The average Bonchev–Trinajstić information content (AvgIpc) is 2.48. The van der Waals surface area contributed by atoms with Crippen molar-refractivity contribution in [1.29, 1.82) is 0 Å². The molecule has 0 bridgehead atoms. The van der Waals surface area contributed by atoms with Gasteiger partial charge in [0, 0.05) is 5.39 Å². The highest BCUT2D eigenvalue weighted by Crippen LogP contribution is 2.28. The van der Waals surface area contributed by atoms with E-state index in [1.165, 1.54) is 0 Å². The van der Waals surface area contributed by atoms with Crippen molar-refractivity contribution in [2.24, 2.45) is 0 Å². The molecule has 112 valence electrons. The minimum atomic E-state index is -3.67. The Bertz CT molecular complexity index is 932. The number of fused-ring (bicyclic) bond motifs is 1. The number of rotatable bonds is 3. The van der Waals surface area contributed by atoms with E-state index in [2.05, 4.69) is 4.72 Å². The normalized spacial score (nSPS) is 11.5. The molecule has 0 aliphatic heterocycles. The van der Waals surface area contributed by atoms with E-state index in [1.807, 2.05) is 13.0 Å². The molecule has 3 rings (SSSR count). The van der Waals surface area contributed by atoms with Crippen LogP contribution in [-0.2, 0) is 10.0 Å². The van der Waals surface area contributed by atoms with Crippen molar-refractivity contribution < 1.29 is 13.5 Å². The van der Waals surface area contributed by atoms with E-state index < -0.39 is 10.0 Å². The van der Waals surface area contributed by atoms with Crippen LogP contribution >= 0.6 is 0 Å². The second kappa shape index (κ2) is 5.35. The predicted octanol–water partition coefficient (Wildman–Crippen LogP) is 3.65. The van der Waals surface area contributed by atoms with Gasteiger partial charge < -0.3 is 5.11 Å². The predicted molar refractivity (Wildman–Crippen MR) is 87.6 cm³/mol. The molecule has 0 amide bonds. The van der Waals surface area contributed by atoms with Crippen molar-refractivity contribution in [3.05, 3.63) is 66.2 Å². The van der Waals surface area contributed by atoms with Gasteiger partial charge in [0.2, 0.25) is 0 Å². The van der Waals surface area contributed by atoms with Gasteiger partial charge in [0.25, 0.3) is 10.0 Å². The van der Waals surface area contributed by atoms with E-state index in [0.717, 1.165) is 10.9 Å². The van der Waals surface area contributed by atoms with Crippen molar-refractivity contribution in [1.82, 2.24) is 0 Å². The number of aromatic hydroxyl groups is 1. The Morgan fingerprint density at radius 2 is 1.68 bits per heavy atom. The number of phenols is 1. The molecule has 0 aliphatic rings. The fourth-order valence-corrected chi connectivity index (χ4v) is 3.35. The van der Waals surface area contributed by atoms with Crippen molar-refractivity contribution in [3.8, 4) is 5.75 Å². The van der Waals surface area contributed by atoms with E-state index in [4.69, 9.17) is 0 Å². The van der Waals surface area contributed by atoms with Gasteiger partial charge in [-0.1, -0.05) is 35.9 Å². The maximum Gasteiger partial charge on any atom is 0.261 e. The Kier molecular flexibility index (Phi) is 3.50. The summed E-state index contributed by atoms with van der Waals surface area (Å²) in [7, 11) is -3.67. The second-order valence-electron chi connectivity index (χ2n) is 5.13. The number of benzene rings is 3. The van der Waals surface area contributed by atoms with E-state index in [1.54, 1.807) is 54.6 Å². The number of hydrogen-bond acceptors (Lipinski definition) is 3. The summed E-state index contributed by atoms with van der Waals surface area (Å²) in [5.74, 6) is 0.0921. The molecule has 0 radical (unpaired) electrons. The van der Waals surface area contributed by atoms with Crippen LogP contribution < -0.4 is 4.72 Å². The smallest absolute Gasteiger partial charge is 0.261 e. The molecular weight excluding hydrogens is 298 g/mol. The standard InChI is InChI=1S/C17H15NO3S/c1-12-5-9-15(10-6-12)22(20,21)18-17-4-2-3-13-7-8-14(19)11-16(13)17/h2-11,18-19H,1H3. The number of nitrogens with one attached hydrogen (secondary N) is 1. The van der Waals surface area contributed by atoms with Crippen LogP contribution in [0.15, 0.2) is 65.6 Å². The van der Waals surface area contributed by atoms with Crippen molar-refractivity contribution in [2.75, 3.05) is 4.72 Å². The Morgan fingerprint density at radius 3 is 2.41 bits per heavy atom. The molecule has 0 heterocycles. The fourth-order valence-electron chi connectivity index (χ4n) is 2.27. The number of aryl methyl sites for hydroxylation is 1. The number of hydrogen-bond donors (Lipinski definition) is 2. The minimum absolute atomic E-state index is 0.0921. The Morgan fingerprint density at radius 1 is 0.955 bits per heavy atom. The van der Waals surface area contributed by atoms with Crippen LogP contribution in [0.4, 0.5) is 5.69 Å². The van der Waals surface area contributed by atoms with Crippen LogP contribution in [0.25, 0.3) is 10.8 Å². The zero-order chi connectivity index (χ0) is 15.7. The first-order chi connectivity index (χ1) is 10.5. The first kappa shape index (κ1) is 14.4. The van der Waals surface area contributed by atoms with Crippen molar-refractivity contribution >= 4 is 26.5 Å². The lowest BCUT2D eigenvalue weighted by molar-refractivity contribution is 0.476. The largest absolute Gasteiger partial charge is 0.508 e. The van der Waals surface area contributed by atoms with Gasteiger partial charge in [-0.2, -0.15) is 0 Å². The molecule has 0 saturated heterocycles. The lowest BCUT2D eigenvalue weighted by Crippen LogP contribution is -2.13. The molecular formula is C17H15NO3S. The number of phenolic OH excluding ortho intramolecular Hbond substituents is 1. The molecule has 5 heteroatoms. The first-order valence-corrected chi connectivity index (χ1v) is 8.25. The first-order valence-electron chi connectivity index (χ1n) is 6.77. The molecule has 22 heavy (non-hydrogen) atoms. The highest BCUT2D eigenvalue weighted by atomic mass is 32.2. The lowest BCUT2D eigenvalue weighted by atomic mass is 10.1. The van der Waals surface area contributed by atoms with Gasteiger partial charge in [0.1, 0.15) is 5.75 Å². The average molecular weight is 313 g/mol. The second-order valence-corrected chi connectivity index (χ2v) is 6.81. The van der Waals surface area contributed by atoms with Gasteiger partial charge in [-0.25, -0.2) is 8.42 Å². The summed E-state index contributed by atoms with van der Waals surface area (Å²) in [6, 6.07) is 16.8. The number of anilines is 1. The quantitative estimate of drug-likeness (QED) is 0.775. The van der Waals surface area contributed by atoms with Crippen LogP contribution in [0.5, 0.6) is 5.75 Å². The van der Waals surface area contributed by atoms with Gasteiger partial charge in [0.05, 0.1) is 10.6 Å². The third kappa shape index (κ3) is 2.76. The Balaban J connectivity index is 2.06. The molecule has 3 aromatic rings. The molecule has 4 nitrogen and oxygen atoms in total. The van der Waals surface area contributed by atoms with Gasteiger partial charge in [-0.3, -0.25) is 4.72 Å². The number of sulfonamides is 1. The Labute approximate surface area is 129 Å². The van der Waals surface area contributed by atoms with Crippen LogP contribution in [0, 0.1) is 6.92 Å². The highest BCUT2D eigenvalue weighted by molar-refractivity contribution is 7.92. The molecule has 0 spiro atoms. The Hall–Kier alpha value is -2.53. The topological polar surface area (TPSA) is 66.4 Å². The molecule has 0 atom stereocenters. The molecule has 2 N–H and O–H groups in total. The summed E-state index contributed by atoms with van der Waals surface area (Å²) in [6.45, 7) is 1.90. The summed E-state index contributed by atoms with van der Waals surface area (Å²) >= 11 is 0. The monoisotopic (exact) mass is 313 g/mol. The van der Waals surface area contributed by atoms with Crippen molar-refractivity contribution in [3.63, 3.8) is 0 Å². The summed E-state index contributed by atoms with van der Waals surface area (Å²) in [6.07, 6.45) is 0. The zero-order valence-corrected chi connectivity index (χ0v) is 12.8. The molecule has 0 aliphatic carbocycles. The van der Waals surface area contributed by atoms with E-state index in [-0.39, 0.29) is 10.6 Å². The molecule has 0 aromatic heterocycles. The van der Waals surface area contributed by atoms with Crippen LogP contribution in [0.3, 0.4) is 0 Å². The van der Waals surface area contributed by atoms with Gasteiger partial charge >= 0.3 is 0 Å². The SMILES string of the molecule is Cc1ccc(S(=O)(=O)Nc2cccc3ccc(O)cc23)cc1. The summed E-state index contributed by atoms with van der Waals surface area (Å²) in [5.41, 5.74) is 1.43. The molecule has 3 aromatic carbocycles. The molecule has 0 unspecified atom stereocenters. The summed E-state index contributed by atoms with van der Waals surface area (Å²) in [5, 5.41) is 11.1. The van der Waals surface area contributed by atoms with E-state index >= 15 is 0 Å². The maximum atomic E-state index is 12.5. The van der Waals surface area contributed by atoms with Crippen LogP contribution in [0.2, 0.25) is 0 Å². The summed E-state index contributed by atoms with van der Waals surface area (Å²) in [4.78, 5) is 0.204. The van der Waals surface area contributed by atoms with E-state index in [9.17, 15) is 13.5 Å². The maximum absolute atomic E-state index is 12.5. The minimum Gasteiger partial charge on any atom is -0.508 e. The van der Waals surface area contributed by atoms with Crippen molar-refractivity contribution in [2.45, 2.75) is 11.8 Å². The zero-order valence-electron chi connectivity index (χ0n) is 11.9. The summed E-state index contributed by atoms with van der Waals surface area (Å²) < 4.78 is 27.5. The van der Waals surface area contributed by atoms with Gasteiger partial charge in [-0.05, 0) is 42.6 Å². The fraction of sp³-hybridized carbons (Fsp3) is 0.0588. The molecule has 0 saturated carbocycles. The third-order valence-corrected chi connectivity index (χ3v) is 4.82. The van der Waals surface area contributed by atoms with Crippen LogP contribution in [-0.4, -0.2) is 13.5 Å². The lowest BCUT2D eigenvalue weighted by Gasteiger charge is -2.11. The third-order valence-electron chi connectivity index (χ3n) is 3.44.